The SMILES string of the molecule is CCOC(=O)CSc1nc2sc3c(c2c(=O)n1-c1ccc(OCC)cc1)CC(C)(C)OC3. The van der Waals surface area contributed by atoms with Crippen LogP contribution in [0.4, 0.5) is 0 Å². The topological polar surface area (TPSA) is 79.7 Å². The van der Waals surface area contributed by atoms with Crippen molar-refractivity contribution in [3.63, 3.8) is 0 Å². The summed E-state index contributed by atoms with van der Waals surface area (Å²) in [6, 6.07) is 7.32. The first-order chi connectivity index (χ1) is 15.3. The second-order valence-electron chi connectivity index (χ2n) is 7.96. The largest absolute Gasteiger partial charge is 0.494 e. The van der Waals surface area contributed by atoms with Crippen molar-refractivity contribution in [1.29, 1.82) is 0 Å². The van der Waals surface area contributed by atoms with Crippen LogP contribution in [0.25, 0.3) is 15.9 Å². The van der Waals surface area contributed by atoms with E-state index in [-0.39, 0.29) is 22.9 Å². The Labute approximate surface area is 194 Å². The van der Waals surface area contributed by atoms with Gasteiger partial charge in [0.15, 0.2) is 5.16 Å². The Bertz CT molecular complexity index is 1200. The maximum Gasteiger partial charge on any atom is 0.316 e. The van der Waals surface area contributed by atoms with Crippen LogP contribution in [-0.4, -0.2) is 40.1 Å². The number of carbonyl (C=O) groups is 1. The van der Waals surface area contributed by atoms with Crippen LogP contribution in [0.3, 0.4) is 0 Å². The van der Waals surface area contributed by atoms with Gasteiger partial charge in [0.25, 0.3) is 5.56 Å². The molecular formula is C23H26N2O5S2. The number of rotatable bonds is 7. The molecule has 0 fully saturated rings. The standard InChI is InChI=1S/C23H26N2O5S2/c1-5-28-15-9-7-14(8-10-15)25-21(27)19-16-11-23(3,4)30-12-17(16)32-20(19)24-22(25)31-13-18(26)29-6-2/h7-10H,5-6,11-13H2,1-4H3. The van der Waals surface area contributed by atoms with E-state index < -0.39 is 0 Å². The maximum atomic E-state index is 13.8. The first kappa shape index (κ1) is 22.8. The van der Waals surface area contributed by atoms with Crippen molar-refractivity contribution in [3.05, 3.63) is 45.1 Å². The summed E-state index contributed by atoms with van der Waals surface area (Å²) in [6.45, 7) is 9.09. The summed E-state index contributed by atoms with van der Waals surface area (Å²) < 4.78 is 18.1. The molecule has 0 amide bonds. The normalized spacial score (nSPS) is 14.9. The lowest BCUT2D eigenvalue weighted by Gasteiger charge is -2.29. The summed E-state index contributed by atoms with van der Waals surface area (Å²) in [5, 5.41) is 1.09. The minimum atomic E-state index is -0.342. The Morgan fingerprint density at radius 2 is 2.00 bits per heavy atom. The molecule has 1 aliphatic rings. The molecule has 0 radical (unpaired) electrons. The van der Waals surface area contributed by atoms with Crippen LogP contribution in [0.15, 0.2) is 34.2 Å². The molecule has 0 N–H and O–H groups in total. The van der Waals surface area contributed by atoms with E-state index in [4.69, 9.17) is 19.2 Å². The van der Waals surface area contributed by atoms with Crippen LogP contribution in [0.5, 0.6) is 5.75 Å². The number of carbonyl (C=O) groups excluding carboxylic acids is 1. The van der Waals surface area contributed by atoms with Gasteiger partial charge in [-0.25, -0.2) is 4.98 Å². The van der Waals surface area contributed by atoms with Crippen molar-refractivity contribution >= 4 is 39.3 Å². The molecule has 0 saturated carbocycles. The van der Waals surface area contributed by atoms with Crippen LogP contribution in [0.1, 0.15) is 38.1 Å². The number of fused-ring (bicyclic) bond motifs is 3. The highest BCUT2D eigenvalue weighted by Gasteiger charge is 2.31. The van der Waals surface area contributed by atoms with E-state index in [1.165, 1.54) is 23.1 Å². The minimum Gasteiger partial charge on any atom is -0.494 e. The lowest BCUT2D eigenvalue weighted by atomic mass is 9.94. The molecule has 0 atom stereocenters. The summed E-state index contributed by atoms with van der Waals surface area (Å²) in [5.41, 5.74) is 1.21. The van der Waals surface area contributed by atoms with Crippen LogP contribution in [-0.2, 0) is 27.3 Å². The summed E-state index contributed by atoms with van der Waals surface area (Å²) >= 11 is 2.69. The zero-order valence-electron chi connectivity index (χ0n) is 18.6. The summed E-state index contributed by atoms with van der Waals surface area (Å²) in [7, 11) is 0. The summed E-state index contributed by atoms with van der Waals surface area (Å²) in [6.07, 6.45) is 0.651. The number of hydrogen-bond acceptors (Lipinski definition) is 8. The van der Waals surface area contributed by atoms with Crippen molar-refractivity contribution in [2.45, 2.75) is 51.5 Å². The van der Waals surface area contributed by atoms with Gasteiger partial charge < -0.3 is 14.2 Å². The smallest absolute Gasteiger partial charge is 0.316 e. The third-order valence-corrected chi connectivity index (χ3v) is 7.12. The number of hydrogen-bond donors (Lipinski definition) is 0. The Morgan fingerprint density at radius 1 is 1.25 bits per heavy atom. The molecule has 0 saturated heterocycles. The van der Waals surface area contributed by atoms with Crippen molar-refractivity contribution in [3.8, 4) is 11.4 Å². The van der Waals surface area contributed by atoms with Crippen LogP contribution < -0.4 is 10.3 Å². The van der Waals surface area contributed by atoms with Gasteiger partial charge in [-0.2, -0.15) is 0 Å². The highest BCUT2D eigenvalue weighted by atomic mass is 32.2. The molecule has 2 aromatic heterocycles. The maximum absolute atomic E-state index is 13.8. The lowest BCUT2D eigenvalue weighted by Crippen LogP contribution is -2.32. The number of ether oxygens (including phenoxy) is 3. The molecule has 170 valence electrons. The molecule has 0 aliphatic carbocycles. The van der Waals surface area contributed by atoms with Gasteiger partial charge in [-0.05, 0) is 57.5 Å². The summed E-state index contributed by atoms with van der Waals surface area (Å²) in [5.74, 6) is 0.459. The van der Waals surface area contributed by atoms with E-state index >= 15 is 0 Å². The molecule has 0 unspecified atom stereocenters. The van der Waals surface area contributed by atoms with E-state index in [1.807, 2.05) is 45.0 Å². The molecular weight excluding hydrogens is 448 g/mol. The third kappa shape index (κ3) is 4.55. The lowest BCUT2D eigenvalue weighted by molar-refractivity contribution is -0.139. The Morgan fingerprint density at radius 3 is 2.69 bits per heavy atom. The van der Waals surface area contributed by atoms with Gasteiger partial charge in [0, 0.05) is 11.3 Å². The predicted octanol–water partition coefficient (Wildman–Crippen LogP) is 4.35. The van der Waals surface area contributed by atoms with Gasteiger partial charge in [0.05, 0.1) is 42.2 Å². The van der Waals surface area contributed by atoms with E-state index in [9.17, 15) is 9.59 Å². The molecule has 0 spiro atoms. The molecule has 32 heavy (non-hydrogen) atoms. The quantitative estimate of drug-likeness (QED) is 0.286. The molecule has 3 heterocycles. The Kier molecular flexibility index (Phi) is 6.60. The minimum absolute atomic E-state index is 0.0735. The van der Waals surface area contributed by atoms with Crippen molar-refractivity contribution in [2.24, 2.45) is 0 Å². The van der Waals surface area contributed by atoms with Gasteiger partial charge in [-0.3, -0.25) is 14.2 Å². The van der Waals surface area contributed by atoms with Crippen LogP contribution in [0, 0.1) is 0 Å². The van der Waals surface area contributed by atoms with Gasteiger partial charge >= 0.3 is 5.97 Å². The number of nitrogens with zero attached hydrogens (tertiary/aromatic N) is 2. The third-order valence-electron chi connectivity index (χ3n) is 5.10. The van der Waals surface area contributed by atoms with Crippen molar-refractivity contribution < 1.29 is 19.0 Å². The number of esters is 1. The van der Waals surface area contributed by atoms with E-state index in [1.54, 1.807) is 11.5 Å². The molecule has 9 heteroatoms. The Hall–Kier alpha value is -2.36. The average molecular weight is 475 g/mol. The molecule has 0 bridgehead atoms. The number of thioether (sulfide) groups is 1. The zero-order valence-corrected chi connectivity index (χ0v) is 20.2. The molecule has 7 nitrogen and oxygen atoms in total. The first-order valence-electron chi connectivity index (χ1n) is 10.6. The highest BCUT2D eigenvalue weighted by molar-refractivity contribution is 7.99. The second kappa shape index (κ2) is 9.25. The zero-order chi connectivity index (χ0) is 22.9. The van der Waals surface area contributed by atoms with Crippen molar-refractivity contribution in [2.75, 3.05) is 19.0 Å². The van der Waals surface area contributed by atoms with Crippen molar-refractivity contribution in [1.82, 2.24) is 9.55 Å². The molecule has 3 aromatic rings. The Balaban J connectivity index is 1.85. The molecule has 1 aliphatic heterocycles. The van der Waals surface area contributed by atoms with Crippen LogP contribution >= 0.6 is 23.1 Å². The van der Waals surface area contributed by atoms with E-state index in [0.717, 1.165) is 16.2 Å². The predicted molar refractivity (Wildman–Crippen MR) is 126 cm³/mol. The fourth-order valence-corrected chi connectivity index (χ4v) is 5.64. The van der Waals surface area contributed by atoms with Crippen LogP contribution in [0.2, 0.25) is 0 Å². The molecule has 4 rings (SSSR count). The van der Waals surface area contributed by atoms with Gasteiger partial charge in [0.1, 0.15) is 10.6 Å². The monoisotopic (exact) mass is 474 g/mol. The van der Waals surface area contributed by atoms with Gasteiger partial charge in [-0.15, -0.1) is 11.3 Å². The van der Waals surface area contributed by atoms with Gasteiger partial charge in [-0.1, -0.05) is 11.8 Å². The van der Waals surface area contributed by atoms with E-state index in [0.29, 0.717) is 47.3 Å². The second-order valence-corrected chi connectivity index (χ2v) is 9.99. The number of aromatic nitrogens is 2. The van der Waals surface area contributed by atoms with E-state index in [2.05, 4.69) is 0 Å². The average Bonchev–Trinajstić information content (AvgIpc) is 3.10. The highest BCUT2D eigenvalue weighted by Crippen LogP contribution is 2.38. The fourth-order valence-electron chi connectivity index (χ4n) is 3.68. The van der Waals surface area contributed by atoms with Gasteiger partial charge in [0.2, 0.25) is 0 Å². The number of benzene rings is 1. The summed E-state index contributed by atoms with van der Waals surface area (Å²) in [4.78, 5) is 32.3. The number of thiophene rings is 1. The first-order valence-corrected chi connectivity index (χ1v) is 12.4. The fraction of sp³-hybridized carbons (Fsp3) is 0.435. The molecule has 1 aromatic carbocycles.